The van der Waals surface area contributed by atoms with Crippen LogP contribution in [0.25, 0.3) is 0 Å². The van der Waals surface area contributed by atoms with Crippen LogP contribution in [-0.2, 0) is 11.3 Å². The average Bonchev–Trinajstić information content (AvgIpc) is 2.86. The van der Waals surface area contributed by atoms with Crippen molar-refractivity contribution in [2.45, 2.75) is 12.6 Å². The highest BCUT2D eigenvalue weighted by Gasteiger charge is 2.23. The van der Waals surface area contributed by atoms with Crippen LogP contribution in [0.5, 0.6) is 0 Å². The van der Waals surface area contributed by atoms with Crippen molar-refractivity contribution in [2.24, 2.45) is 0 Å². The van der Waals surface area contributed by atoms with E-state index in [0.717, 1.165) is 23.1 Å². The number of benzene rings is 1. The Morgan fingerprint density at radius 1 is 1.37 bits per heavy atom. The summed E-state index contributed by atoms with van der Waals surface area (Å²) in [6.07, 6.45) is 0. The number of thiophene rings is 1. The summed E-state index contributed by atoms with van der Waals surface area (Å²) >= 11 is 1.46. The smallest absolute Gasteiger partial charge is 0.325 e. The van der Waals surface area contributed by atoms with Gasteiger partial charge in [-0.1, -0.05) is 6.07 Å². The highest BCUT2D eigenvalue weighted by molar-refractivity contribution is 7.09. The molecule has 0 aliphatic carbocycles. The molecule has 0 saturated heterocycles. The van der Waals surface area contributed by atoms with Gasteiger partial charge in [-0.05, 0) is 29.6 Å². The first kappa shape index (κ1) is 13.6. The summed E-state index contributed by atoms with van der Waals surface area (Å²) in [6.45, 7) is 0.282. The molecule has 0 fully saturated rings. The third kappa shape index (κ3) is 3.36. The van der Waals surface area contributed by atoms with Crippen LogP contribution >= 0.6 is 11.3 Å². The highest BCUT2D eigenvalue weighted by atomic mass is 32.1. The van der Waals surface area contributed by atoms with Crippen LogP contribution in [0.3, 0.4) is 0 Å². The summed E-state index contributed by atoms with van der Waals surface area (Å²) in [5, 5.41) is 13.7. The van der Waals surface area contributed by atoms with E-state index < -0.39 is 23.6 Å². The van der Waals surface area contributed by atoms with E-state index in [1.54, 1.807) is 0 Å². The normalized spacial score (nSPS) is 12.3. The second-order valence-electron chi connectivity index (χ2n) is 3.90. The summed E-state index contributed by atoms with van der Waals surface area (Å²) in [5.74, 6) is -2.66. The first-order valence-electron chi connectivity index (χ1n) is 5.51. The van der Waals surface area contributed by atoms with Crippen molar-refractivity contribution in [1.29, 1.82) is 0 Å². The predicted octanol–water partition coefficient (Wildman–Crippen LogP) is 2.94. The van der Waals surface area contributed by atoms with Crippen LogP contribution < -0.4 is 5.32 Å². The van der Waals surface area contributed by atoms with Crippen LogP contribution in [0, 0.1) is 11.6 Å². The molecule has 1 aromatic carbocycles. The van der Waals surface area contributed by atoms with E-state index in [0.29, 0.717) is 0 Å². The van der Waals surface area contributed by atoms with E-state index in [2.05, 4.69) is 5.32 Å². The van der Waals surface area contributed by atoms with Crippen LogP contribution in [-0.4, -0.2) is 11.1 Å². The molecule has 0 aliphatic heterocycles. The molecule has 0 spiro atoms. The van der Waals surface area contributed by atoms with Gasteiger partial charge in [-0.2, -0.15) is 0 Å². The summed E-state index contributed by atoms with van der Waals surface area (Å²) < 4.78 is 26.7. The molecule has 1 aromatic heterocycles. The molecule has 0 amide bonds. The number of hydrogen-bond donors (Lipinski definition) is 2. The summed E-state index contributed by atoms with van der Waals surface area (Å²) in [7, 11) is 0. The lowest BCUT2D eigenvalue weighted by molar-refractivity contribution is -0.139. The zero-order chi connectivity index (χ0) is 13.8. The highest BCUT2D eigenvalue weighted by Crippen LogP contribution is 2.20. The molecule has 2 rings (SSSR count). The molecular weight excluding hydrogens is 272 g/mol. The Labute approximate surface area is 112 Å². The van der Waals surface area contributed by atoms with Crippen molar-refractivity contribution >= 4 is 17.3 Å². The van der Waals surface area contributed by atoms with Gasteiger partial charge in [0.05, 0.1) is 0 Å². The molecule has 3 nitrogen and oxygen atoms in total. The van der Waals surface area contributed by atoms with Gasteiger partial charge in [0, 0.05) is 17.0 Å². The zero-order valence-corrected chi connectivity index (χ0v) is 10.6. The molecule has 0 saturated carbocycles. The number of nitrogens with one attached hydrogen (secondary N) is 1. The Balaban J connectivity index is 2.20. The number of carboxylic acid groups (broad SMARTS) is 1. The largest absolute Gasteiger partial charge is 0.480 e. The maximum Gasteiger partial charge on any atom is 0.325 e. The standard InChI is InChI=1S/C13H11F2NO2S/c14-8-3-4-11(15)10(6-8)12(13(17)18)16-7-9-2-1-5-19-9/h1-6,12,16H,7H2,(H,17,18). The lowest BCUT2D eigenvalue weighted by atomic mass is 10.1. The Morgan fingerprint density at radius 3 is 2.79 bits per heavy atom. The van der Waals surface area contributed by atoms with Gasteiger partial charge in [0.2, 0.25) is 0 Å². The lowest BCUT2D eigenvalue weighted by Gasteiger charge is -2.15. The maximum absolute atomic E-state index is 13.6. The predicted molar refractivity (Wildman–Crippen MR) is 67.9 cm³/mol. The van der Waals surface area contributed by atoms with Crippen LogP contribution in [0.15, 0.2) is 35.7 Å². The summed E-state index contributed by atoms with van der Waals surface area (Å²) in [6, 6.07) is 5.16. The van der Waals surface area contributed by atoms with Crippen molar-refractivity contribution in [3.63, 3.8) is 0 Å². The van der Waals surface area contributed by atoms with Gasteiger partial charge in [-0.3, -0.25) is 10.1 Å². The fourth-order valence-corrected chi connectivity index (χ4v) is 2.34. The number of rotatable bonds is 5. The summed E-state index contributed by atoms with van der Waals surface area (Å²) in [5.41, 5.74) is -0.205. The minimum absolute atomic E-state index is 0.205. The molecule has 2 N–H and O–H groups in total. The molecule has 1 atom stereocenters. The van der Waals surface area contributed by atoms with Gasteiger partial charge in [0.1, 0.15) is 17.7 Å². The third-order valence-electron chi connectivity index (χ3n) is 2.58. The summed E-state index contributed by atoms with van der Waals surface area (Å²) in [4.78, 5) is 12.1. The van der Waals surface area contributed by atoms with Crippen LogP contribution in [0.2, 0.25) is 0 Å². The Bertz CT molecular complexity index is 572. The molecule has 0 aliphatic rings. The number of carboxylic acids is 1. The maximum atomic E-state index is 13.6. The quantitative estimate of drug-likeness (QED) is 0.887. The average molecular weight is 283 g/mol. The molecule has 1 heterocycles. The second kappa shape index (κ2) is 5.90. The van der Waals surface area contributed by atoms with Crippen LogP contribution in [0.1, 0.15) is 16.5 Å². The number of aliphatic carboxylic acids is 1. The van der Waals surface area contributed by atoms with Gasteiger partial charge in [-0.15, -0.1) is 11.3 Å². The molecule has 0 bridgehead atoms. The van der Waals surface area contributed by atoms with Gasteiger partial charge >= 0.3 is 5.97 Å². The third-order valence-corrected chi connectivity index (χ3v) is 3.45. The molecular formula is C13H11F2NO2S. The van der Waals surface area contributed by atoms with E-state index in [-0.39, 0.29) is 12.1 Å². The van der Waals surface area contributed by atoms with Crippen molar-refractivity contribution in [3.8, 4) is 0 Å². The number of hydrogen-bond acceptors (Lipinski definition) is 3. The van der Waals surface area contributed by atoms with Gasteiger partial charge < -0.3 is 5.11 Å². The minimum atomic E-state index is -1.28. The Kier molecular flexibility index (Phi) is 4.24. The molecule has 0 radical (unpaired) electrons. The van der Waals surface area contributed by atoms with Crippen molar-refractivity contribution in [1.82, 2.24) is 5.32 Å². The van der Waals surface area contributed by atoms with Gasteiger partial charge in [-0.25, -0.2) is 8.78 Å². The van der Waals surface area contributed by atoms with Crippen molar-refractivity contribution in [2.75, 3.05) is 0 Å². The molecule has 6 heteroatoms. The molecule has 19 heavy (non-hydrogen) atoms. The van der Waals surface area contributed by atoms with Gasteiger partial charge in [0.15, 0.2) is 0 Å². The molecule has 2 aromatic rings. The zero-order valence-electron chi connectivity index (χ0n) is 9.77. The topological polar surface area (TPSA) is 49.3 Å². The van der Waals surface area contributed by atoms with Crippen molar-refractivity contribution in [3.05, 3.63) is 57.8 Å². The molecule has 100 valence electrons. The van der Waals surface area contributed by atoms with E-state index in [1.807, 2.05) is 17.5 Å². The van der Waals surface area contributed by atoms with Crippen molar-refractivity contribution < 1.29 is 18.7 Å². The first-order valence-corrected chi connectivity index (χ1v) is 6.39. The molecule has 1 unspecified atom stereocenters. The first-order chi connectivity index (χ1) is 9.08. The number of carbonyl (C=O) groups is 1. The minimum Gasteiger partial charge on any atom is -0.480 e. The van der Waals surface area contributed by atoms with E-state index in [9.17, 15) is 13.6 Å². The van der Waals surface area contributed by atoms with E-state index >= 15 is 0 Å². The lowest BCUT2D eigenvalue weighted by Crippen LogP contribution is -2.28. The fraction of sp³-hybridized carbons (Fsp3) is 0.154. The van der Waals surface area contributed by atoms with E-state index in [1.165, 1.54) is 11.3 Å². The SMILES string of the molecule is O=C(O)C(NCc1cccs1)c1cc(F)ccc1F. The fourth-order valence-electron chi connectivity index (χ4n) is 1.68. The van der Waals surface area contributed by atoms with Gasteiger partial charge in [0.25, 0.3) is 0 Å². The Morgan fingerprint density at radius 2 is 2.16 bits per heavy atom. The van der Waals surface area contributed by atoms with E-state index in [4.69, 9.17) is 5.11 Å². The van der Waals surface area contributed by atoms with Crippen LogP contribution in [0.4, 0.5) is 8.78 Å². The second-order valence-corrected chi connectivity index (χ2v) is 4.93. The number of halogens is 2. The monoisotopic (exact) mass is 283 g/mol. The Hall–Kier alpha value is -1.79.